The van der Waals surface area contributed by atoms with E-state index in [0.717, 1.165) is 16.8 Å². The van der Waals surface area contributed by atoms with Gasteiger partial charge in [-0.05, 0) is 54.2 Å². The maximum atomic E-state index is 13.2. The Kier molecular flexibility index (Phi) is 6.55. The van der Waals surface area contributed by atoms with Gasteiger partial charge in [-0.2, -0.15) is 4.37 Å². The number of ketones is 1. The molecule has 0 bridgehead atoms. The molecule has 28 heavy (non-hydrogen) atoms. The Hall–Kier alpha value is -2.99. The quantitative estimate of drug-likeness (QED) is 0.524. The van der Waals surface area contributed by atoms with E-state index >= 15 is 0 Å². The molecule has 0 saturated heterocycles. The van der Waals surface area contributed by atoms with Gasteiger partial charge in [-0.25, -0.2) is 0 Å². The lowest BCUT2D eigenvalue weighted by Gasteiger charge is -2.18. The van der Waals surface area contributed by atoms with Crippen molar-refractivity contribution in [3.63, 3.8) is 0 Å². The van der Waals surface area contributed by atoms with E-state index in [4.69, 9.17) is 9.84 Å². The van der Waals surface area contributed by atoms with E-state index in [2.05, 4.69) is 4.37 Å². The molecule has 1 unspecified atom stereocenters. The molecule has 0 fully saturated rings. The highest BCUT2D eigenvalue weighted by molar-refractivity contribution is 7.03. The van der Waals surface area contributed by atoms with Crippen LogP contribution >= 0.6 is 11.5 Å². The number of ether oxygens (including phenoxy) is 1. The predicted octanol–water partition coefficient (Wildman–Crippen LogP) is 4.86. The molecule has 0 aliphatic rings. The third-order valence-corrected chi connectivity index (χ3v) is 5.12. The highest BCUT2D eigenvalue weighted by Crippen LogP contribution is 2.29. The highest BCUT2D eigenvalue weighted by Gasteiger charge is 2.24. The Bertz CT molecular complexity index is 953. The fourth-order valence-electron chi connectivity index (χ4n) is 3.08. The lowest BCUT2D eigenvalue weighted by Crippen LogP contribution is -2.16. The lowest BCUT2D eigenvalue weighted by molar-refractivity contribution is -0.137. The zero-order valence-electron chi connectivity index (χ0n) is 15.5. The van der Waals surface area contributed by atoms with Crippen molar-refractivity contribution in [3.05, 3.63) is 82.4 Å². The van der Waals surface area contributed by atoms with Crippen LogP contribution in [-0.2, 0) is 11.4 Å². The van der Waals surface area contributed by atoms with E-state index in [1.807, 2.05) is 42.6 Å². The van der Waals surface area contributed by atoms with E-state index in [0.29, 0.717) is 17.9 Å². The zero-order chi connectivity index (χ0) is 19.9. The van der Waals surface area contributed by atoms with Gasteiger partial charge in [0.1, 0.15) is 12.4 Å². The Labute approximate surface area is 167 Å². The minimum absolute atomic E-state index is 0.0647. The summed E-state index contributed by atoms with van der Waals surface area (Å²) in [7, 11) is 0. The van der Waals surface area contributed by atoms with Crippen molar-refractivity contribution in [2.45, 2.75) is 32.3 Å². The van der Waals surface area contributed by atoms with Crippen LogP contribution in [0.4, 0.5) is 0 Å². The Morgan fingerprint density at radius 1 is 1.14 bits per heavy atom. The van der Waals surface area contributed by atoms with Crippen LogP contribution < -0.4 is 4.74 Å². The standard InChI is InChI=1S/C22H21NO4S/c1-15-5-2-3-8-19(15)20(9-10-21(24)25)22(26)16-6-4-7-18(13-16)27-14-17-11-12-28-23-17/h2-8,11-13,20H,9-10,14H2,1H3,(H,24,25). The molecule has 0 aliphatic carbocycles. The Balaban J connectivity index is 1.82. The van der Waals surface area contributed by atoms with Crippen LogP contribution in [0.2, 0.25) is 0 Å². The van der Waals surface area contributed by atoms with E-state index in [1.54, 1.807) is 24.3 Å². The smallest absolute Gasteiger partial charge is 0.303 e. The number of benzene rings is 2. The molecule has 0 saturated carbocycles. The summed E-state index contributed by atoms with van der Waals surface area (Å²) in [5.74, 6) is -0.937. The van der Waals surface area contributed by atoms with Gasteiger partial charge in [0.25, 0.3) is 0 Å². The van der Waals surface area contributed by atoms with Gasteiger partial charge in [0.2, 0.25) is 0 Å². The molecule has 0 spiro atoms. The van der Waals surface area contributed by atoms with Crippen LogP contribution in [0, 0.1) is 6.92 Å². The lowest BCUT2D eigenvalue weighted by atomic mass is 9.85. The van der Waals surface area contributed by atoms with Crippen molar-refractivity contribution in [2.24, 2.45) is 0 Å². The molecule has 1 N–H and O–H groups in total. The zero-order valence-corrected chi connectivity index (χ0v) is 16.3. The molecule has 0 aliphatic heterocycles. The number of carbonyl (C=O) groups excluding carboxylic acids is 1. The first-order valence-electron chi connectivity index (χ1n) is 8.98. The van der Waals surface area contributed by atoms with Crippen molar-refractivity contribution in [1.29, 1.82) is 0 Å². The van der Waals surface area contributed by atoms with Gasteiger partial charge in [-0.1, -0.05) is 36.4 Å². The van der Waals surface area contributed by atoms with Gasteiger partial charge < -0.3 is 9.84 Å². The SMILES string of the molecule is Cc1ccccc1C(CCC(=O)O)C(=O)c1cccc(OCc2ccsn2)c1. The molecular weight excluding hydrogens is 374 g/mol. The summed E-state index contributed by atoms with van der Waals surface area (Å²) in [5, 5.41) is 11.0. The molecule has 3 aromatic rings. The van der Waals surface area contributed by atoms with Crippen LogP contribution in [0.5, 0.6) is 5.75 Å². The second-order valence-corrected chi connectivity index (χ2v) is 7.18. The number of aliphatic carboxylic acids is 1. The summed E-state index contributed by atoms with van der Waals surface area (Å²) in [4.78, 5) is 24.3. The van der Waals surface area contributed by atoms with E-state index in [1.165, 1.54) is 11.5 Å². The van der Waals surface area contributed by atoms with Crippen molar-refractivity contribution >= 4 is 23.3 Å². The number of nitrogens with zero attached hydrogens (tertiary/aromatic N) is 1. The number of Topliss-reactive ketones (excluding diaryl/α,β-unsaturated/α-hetero) is 1. The average molecular weight is 395 g/mol. The number of aryl methyl sites for hydroxylation is 1. The molecule has 1 aromatic heterocycles. The molecular formula is C22H21NO4S. The second kappa shape index (κ2) is 9.28. The molecule has 6 heteroatoms. The highest BCUT2D eigenvalue weighted by atomic mass is 32.1. The predicted molar refractivity (Wildman–Crippen MR) is 108 cm³/mol. The molecule has 1 heterocycles. The Morgan fingerprint density at radius 3 is 2.68 bits per heavy atom. The van der Waals surface area contributed by atoms with Crippen LogP contribution in [0.15, 0.2) is 60.0 Å². The van der Waals surface area contributed by atoms with Crippen molar-refractivity contribution in [3.8, 4) is 5.75 Å². The van der Waals surface area contributed by atoms with Crippen LogP contribution in [0.3, 0.4) is 0 Å². The maximum absolute atomic E-state index is 13.2. The maximum Gasteiger partial charge on any atom is 0.303 e. The number of rotatable bonds is 9. The van der Waals surface area contributed by atoms with Gasteiger partial charge in [0, 0.05) is 23.3 Å². The van der Waals surface area contributed by atoms with Crippen molar-refractivity contribution in [1.82, 2.24) is 4.37 Å². The van der Waals surface area contributed by atoms with Gasteiger partial charge >= 0.3 is 5.97 Å². The first-order valence-corrected chi connectivity index (χ1v) is 9.82. The van der Waals surface area contributed by atoms with Crippen LogP contribution in [0.1, 0.15) is 45.9 Å². The fraction of sp³-hybridized carbons (Fsp3) is 0.227. The molecule has 2 aromatic carbocycles. The summed E-state index contributed by atoms with van der Waals surface area (Å²) in [6.45, 7) is 2.27. The summed E-state index contributed by atoms with van der Waals surface area (Å²) >= 11 is 1.36. The van der Waals surface area contributed by atoms with Gasteiger partial charge in [0.15, 0.2) is 5.78 Å². The molecule has 1 atom stereocenters. The topological polar surface area (TPSA) is 76.5 Å². The summed E-state index contributed by atoms with van der Waals surface area (Å²) in [6, 6.07) is 16.5. The van der Waals surface area contributed by atoms with Gasteiger partial charge in [0.05, 0.1) is 5.69 Å². The van der Waals surface area contributed by atoms with Crippen LogP contribution in [-0.4, -0.2) is 21.2 Å². The van der Waals surface area contributed by atoms with Gasteiger partial charge in [-0.3, -0.25) is 9.59 Å². The minimum atomic E-state index is -0.910. The van der Waals surface area contributed by atoms with Crippen LogP contribution in [0.25, 0.3) is 0 Å². The number of aromatic nitrogens is 1. The van der Waals surface area contributed by atoms with Crippen molar-refractivity contribution < 1.29 is 19.4 Å². The summed E-state index contributed by atoms with van der Waals surface area (Å²) in [6.07, 6.45) is 0.188. The fourth-order valence-corrected chi connectivity index (χ4v) is 3.61. The summed E-state index contributed by atoms with van der Waals surface area (Å²) < 4.78 is 9.95. The van der Waals surface area contributed by atoms with E-state index in [9.17, 15) is 9.59 Å². The van der Waals surface area contributed by atoms with E-state index in [-0.39, 0.29) is 18.6 Å². The minimum Gasteiger partial charge on any atom is -0.487 e. The molecule has 3 rings (SSSR count). The first-order chi connectivity index (χ1) is 13.5. The first kappa shape index (κ1) is 19.8. The number of carbonyl (C=O) groups is 2. The van der Waals surface area contributed by atoms with Crippen molar-refractivity contribution in [2.75, 3.05) is 0 Å². The number of carboxylic acids is 1. The Morgan fingerprint density at radius 2 is 1.96 bits per heavy atom. The number of hydrogen-bond donors (Lipinski definition) is 1. The molecule has 0 amide bonds. The largest absolute Gasteiger partial charge is 0.487 e. The molecule has 0 radical (unpaired) electrons. The summed E-state index contributed by atoms with van der Waals surface area (Å²) in [5.41, 5.74) is 3.18. The number of carboxylic acid groups (broad SMARTS) is 1. The monoisotopic (exact) mass is 395 g/mol. The number of hydrogen-bond acceptors (Lipinski definition) is 5. The second-order valence-electron chi connectivity index (χ2n) is 6.51. The molecule has 5 nitrogen and oxygen atoms in total. The third-order valence-electron chi connectivity index (χ3n) is 4.52. The average Bonchev–Trinajstić information content (AvgIpc) is 3.21. The third kappa shape index (κ3) is 5.04. The van der Waals surface area contributed by atoms with E-state index < -0.39 is 11.9 Å². The molecule has 144 valence electrons. The van der Waals surface area contributed by atoms with Gasteiger partial charge in [-0.15, -0.1) is 0 Å². The normalized spacial score (nSPS) is 11.8.